The number of hydrogen-bond donors (Lipinski definition) is 1. The van der Waals surface area contributed by atoms with Gasteiger partial charge in [0.2, 0.25) is 0 Å². The van der Waals surface area contributed by atoms with Crippen molar-refractivity contribution in [1.29, 1.82) is 0 Å². The van der Waals surface area contributed by atoms with Crippen molar-refractivity contribution in [2.75, 3.05) is 27.7 Å². The lowest BCUT2D eigenvalue weighted by atomic mass is 9.88. The molecule has 0 aliphatic heterocycles. The van der Waals surface area contributed by atoms with Crippen molar-refractivity contribution >= 4 is 5.97 Å². The number of nitrogens with zero attached hydrogens (tertiary/aromatic N) is 1. The predicted octanol–water partition coefficient (Wildman–Crippen LogP) is -0.860. The maximum Gasteiger partial charge on any atom is 0.144 e. The number of hydrogen-bond acceptors (Lipinski definition) is 3. The van der Waals surface area contributed by atoms with Crippen LogP contribution < -0.4 is 5.11 Å². The number of quaternary nitrogens is 1. The Balaban J connectivity index is 5.14. The predicted molar refractivity (Wildman–Crippen MR) is 52.3 cm³/mol. The van der Waals surface area contributed by atoms with Crippen LogP contribution in [0.15, 0.2) is 12.7 Å². The maximum absolute atomic E-state index is 11.2. The van der Waals surface area contributed by atoms with Gasteiger partial charge in [-0.1, -0.05) is 6.08 Å². The Morgan fingerprint density at radius 1 is 1.57 bits per heavy atom. The molecule has 1 atom stereocenters. The minimum absolute atomic E-state index is 0.169. The van der Waals surface area contributed by atoms with Crippen LogP contribution in [0, 0.1) is 0 Å². The van der Waals surface area contributed by atoms with Crippen molar-refractivity contribution in [1.82, 2.24) is 0 Å². The number of aliphatic hydroxyl groups is 1. The third kappa shape index (κ3) is 2.33. The molecule has 4 heteroatoms. The van der Waals surface area contributed by atoms with E-state index in [0.29, 0.717) is 6.42 Å². The van der Waals surface area contributed by atoms with Crippen LogP contribution in [0.1, 0.15) is 12.8 Å². The number of aliphatic hydroxyl groups excluding tert-OH is 1. The van der Waals surface area contributed by atoms with Crippen molar-refractivity contribution in [3.63, 3.8) is 0 Å². The van der Waals surface area contributed by atoms with Gasteiger partial charge >= 0.3 is 0 Å². The molecule has 1 N–H and O–H groups in total. The average Bonchev–Trinajstić information content (AvgIpc) is 2.01. The van der Waals surface area contributed by atoms with Gasteiger partial charge in [0, 0.05) is 19.4 Å². The quantitative estimate of drug-likeness (QED) is 0.449. The fraction of sp³-hybridized carbons (Fsp3) is 0.700. The van der Waals surface area contributed by atoms with Crippen LogP contribution in [-0.2, 0) is 4.79 Å². The number of carbonyl (C=O) groups is 1. The molecule has 1 unspecified atom stereocenters. The summed E-state index contributed by atoms with van der Waals surface area (Å²) in [6.07, 6.45) is 2.01. The Morgan fingerprint density at radius 2 is 2.07 bits per heavy atom. The van der Waals surface area contributed by atoms with Crippen LogP contribution in [0.5, 0.6) is 0 Å². The van der Waals surface area contributed by atoms with Gasteiger partial charge in [0.1, 0.15) is 11.5 Å². The van der Waals surface area contributed by atoms with Crippen LogP contribution in [-0.4, -0.2) is 48.8 Å². The first-order valence-corrected chi connectivity index (χ1v) is 4.56. The fourth-order valence-corrected chi connectivity index (χ4v) is 1.59. The van der Waals surface area contributed by atoms with E-state index in [4.69, 9.17) is 5.11 Å². The van der Waals surface area contributed by atoms with Gasteiger partial charge < -0.3 is 19.5 Å². The van der Waals surface area contributed by atoms with E-state index in [-0.39, 0.29) is 17.5 Å². The summed E-state index contributed by atoms with van der Waals surface area (Å²) >= 11 is 0. The van der Waals surface area contributed by atoms with E-state index in [1.54, 1.807) is 27.2 Å². The summed E-state index contributed by atoms with van der Waals surface area (Å²) in [5, 5.41) is 20.1. The van der Waals surface area contributed by atoms with Crippen molar-refractivity contribution < 1.29 is 19.5 Å². The summed E-state index contributed by atoms with van der Waals surface area (Å²) in [5.74, 6) is -1.14. The van der Waals surface area contributed by atoms with Crippen molar-refractivity contribution in [3.05, 3.63) is 12.7 Å². The number of rotatable bonds is 6. The summed E-state index contributed by atoms with van der Waals surface area (Å²) in [7, 11) is 5.32. The van der Waals surface area contributed by atoms with Crippen LogP contribution in [0.25, 0.3) is 0 Å². The Morgan fingerprint density at radius 3 is 2.29 bits per heavy atom. The Hall–Kier alpha value is -0.870. The molecule has 0 saturated carbocycles. The highest BCUT2D eigenvalue weighted by Crippen LogP contribution is 2.26. The largest absolute Gasteiger partial charge is 0.544 e. The minimum atomic E-state index is -1.14. The topological polar surface area (TPSA) is 60.4 Å². The van der Waals surface area contributed by atoms with Gasteiger partial charge in [0.15, 0.2) is 0 Å². The Kier molecular flexibility index (Phi) is 4.29. The van der Waals surface area contributed by atoms with Gasteiger partial charge in [0.05, 0.1) is 21.1 Å². The molecular formula is C10H19NO3. The molecule has 0 rings (SSSR count). The summed E-state index contributed by atoms with van der Waals surface area (Å²) in [6.45, 7) is 3.37. The van der Waals surface area contributed by atoms with E-state index in [1.807, 2.05) is 0 Å². The van der Waals surface area contributed by atoms with E-state index in [9.17, 15) is 9.90 Å². The molecule has 0 amide bonds. The first-order valence-electron chi connectivity index (χ1n) is 4.56. The molecule has 0 bridgehead atoms. The molecule has 14 heavy (non-hydrogen) atoms. The summed E-state index contributed by atoms with van der Waals surface area (Å²) < 4.78 is 0.210. The van der Waals surface area contributed by atoms with Crippen molar-refractivity contribution in [2.24, 2.45) is 0 Å². The Labute approximate surface area is 85.1 Å². The van der Waals surface area contributed by atoms with E-state index in [1.165, 1.54) is 0 Å². The first-order chi connectivity index (χ1) is 6.31. The SMILES string of the molecule is C=CCC(CCO)(C(=O)[O-])[N+](C)(C)C. The van der Waals surface area contributed by atoms with Gasteiger partial charge in [-0.2, -0.15) is 0 Å². The summed E-state index contributed by atoms with van der Waals surface area (Å²) in [6, 6.07) is 0. The van der Waals surface area contributed by atoms with Gasteiger partial charge in [-0.25, -0.2) is 0 Å². The van der Waals surface area contributed by atoms with E-state index < -0.39 is 11.5 Å². The number of likely N-dealkylation sites (N-methyl/N-ethyl adjacent to an activating group) is 1. The standard InChI is InChI=1S/C10H19NO3/c1-5-6-10(7-8-12,9(13)14)11(2,3)4/h5,12H,1,6-8H2,2-4H3. The molecule has 82 valence electrons. The summed E-state index contributed by atoms with van der Waals surface area (Å²) in [4.78, 5) is 11.2. The van der Waals surface area contributed by atoms with Crippen LogP contribution >= 0.6 is 0 Å². The zero-order valence-electron chi connectivity index (χ0n) is 9.12. The minimum Gasteiger partial charge on any atom is -0.544 e. The highest BCUT2D eigenvalue weighted by molar-refractivity contribution is 5.75. The number of aliphatic carboxylic acids is 1. The Bertz CT molecular complexity index is 220. The smallest absolute Gasteiger partial charge is 0.144 e. The molecular weight excluding hydrogens is 182 g/mol. The van der Waals surface area contributed by atoms with E-state index in [2.05, 4.69) is 6.58 Å². The normalized spacial score (nSPS) is 16.0. The second kappa shape index (κ2) is 4.57. The second-order valence-electron chi connectivity index (χ2n) is 4.30. The molecule has 0 fully saturated rings. The van der Waals surface area contributed by atoms with Gasteiger partial charge in [-0.3, -0.25) is 0 Å². The molecule has 0 saturated heterocycles. The van der Waals surface area contributed by atoms with Crippen molar-refractivity contribution in [3.8, 4) is 0 Å². The zero-order chi connectivity index (χ0) is 11.4. The van der Waals surface area contributed by atoms with Crippen molar-refractivity contribution in [2.45, 2.75) is 18.4 Å². The lowest BCUT2D eigenvalue weighted by molar-refractivity contribution is -0.916. The zero-order valence-corrected chi connectivity index (χ0v) is 9.12. The summed E-state index contributed by atoms with van der Waals surface area (Å²) in [5.41, 5.74) is -1.09. The fourth-order valence-electron chi connectivity index (χ4n) is 1.59. The molecule has 0 aromatic heterocycles. The molecule has 0 heterocycles. The molecule has 0 aromatic rings. The third-order valence-electron chi connectivity index (χ3n) is 2.67. The molecule has 0 aromatic carbocycles. The lowest BCUT2D eigenvalue weighted by Crippen LogP contribution is -2.66. The molecule has 0 aliphatic rings. The van der Waals surface area contributed by atoms with Crippen LogP contribution in [0.3, 0.4) is 0 Å². The molecule has 0 aliphatic carbocycles. The first kappa shape index (κ1) is 13.1. The van der Waals surface area contributed by atoms with E-state index in [0.717, 1.165) is 0 Å². The van der Waals surface area contributed by atoms with E-state index >= 15 is 0 Å². The third-order valence-corrected chi connectivity index (χ3v) is 2.67. The van der Waals surface area contributed by atoms with Gasteiger partial charge in [-0.15, -0.1) is 6.58 Å². The number of carbonyl (C=O) groups excluding carboxylic acids is 1. The average molecular weight is 201 g/mol. The number of carboxylic acids is 1. The molecule has 0 spiro atoms. The van der Waals surface area contributed by atoms with Crippen LogP contribution in [0.4, 0.5) is 0 Å². The number of carboxylic acid groups (broad SMARTS) is 1. The highest BCUT2D eigenvalue weighted by Gasteiger charge is 2.43. The second-order valence-corrected chi connectivity index (χ2v) is 4.30. The van der Waals surface area contributed by atoms with Crippen LogP contribution in [0.2, 0.25) is 0 Å². The van der Waals surface area contributed by atoms with Gasteiger partial charge in [0.25, 0.3) is 0 Å². The molecule has 4 nitrogen and oxygen atoms in total. The maximum atomic E-state index is 11.2. The lowest BCUT2D eigenvalue weighted by Gasteiger charge is -2.46. The highest BCUT2D eigenvalue weighted by atomic mass is 16.4. The molecule has 0 radical (unpaired) electrons. The van der Waals surface area contributed by atoms with Gasteiger partial charge in [-0.05, 0) is 0 Å². The monoisotopic (exact) mass is 201 g/mol.